The van der Waals surface area contributed by atoms with Gasteiger partial charge in [0.1, 0.15) is 11.4 Å². The Morgan fingerprint density at radius 2 is 1.95 bits per heavy atom. The Bertz CT molecular complexity index is 719. The van der Waals surface area contributed by atoms with E-state index >= 15 is 0 Å². The SMILES string of the molecule is Cc1ccc(-n2cc(C(=O)O)c(=O)cc2C)cc1F. The van der Waals surface area contributed by atoms with Gasteiger partial charge in [0.2, 0.25) is 0 Å². The molecular formula is C14H12FNO3. The number of pyridine rings is 1. The predicted octanol–water partition coefficient (Wildman–Crippen LogP) is 2.29. The van der Waals surface area contributed by atoms with Crippen molar-refractivity contribution in [1.82, 2.24) is 4.57 Å². The molecule has 98 valence electrons. The first kappa shape index (κ1) is 13.0. The summed E-state index contributed by atoms with van der Waals surface area (Å²) >= 11 is 0. The van der Waals surface area contributed by atoms with Crippen molar-refractivity contribution >= 4 is 5.97 Å². The normalized spacial score (nSPS) is 10.5. The Morgan fingerprint density at radius 3 is 2.53 bits per heavy atom. The number of hydrogen-bond acceptors (Lipinski definition) is 2. The molecule has 0 fully saturated rings. The van der Waals surface area contributed by atoms with Crippen LogP contribution in [-0.2, 0) is 0 Å². The largest absolute Gasteiger partial charge is 0.477 e. The number of aromatic nitrogens is 1. The first-order chi connectivity index (χ1) is 8.90. The molecule has 1 heterocycles. The lowest BCUT2D eigenvalue weighted by Gasteiger charge is -2.12. The highest BCUT2D eigenvalue weighted by molar-refractivity contribution is 5.87. The molecule has 0 spiro atoms. The monoisotopic (exact) mass is 261 g/mol. The summed E-state index contributed by atoms with van der Waals surface area (Å²) in [6.07, 6.45) is 1.21. The molecule has 19 heavy (non-hydrogen) atoms. The molecule has 0 aliphatic heterocycles. The number of halogens is 1. The number of benzene rings is 1. The maximum absolute atomic E-state index is 13.5. The molecule has 1 aromatic carbocycles. The number of carboxylic acid groups (broad SMARTS) is 1. The van der Waals surface area contributed by atoms with Gasteiger partial charge < -0.3 is 9.67 Å². The van der Waals surface area contributed by atoms with Gasteiger partial charge in [0.05, 0.1) is 0 Å². The molecule has 0 saturated heterocycles. The number of hydrogen-bond donors (Lipinski definition) is 1. The summed E-state index contributed by atoms with van der Waals surface area (Å²) in [4.78, 5) is 22.5. The van der Waals surface area contributed by atoms with Crippen LogP contribution in [0.25, 0.3) is 5.69 Å². The van der Waals surface area contributed by atoms with Crippen molar-refractivity contribution < 1.29 is 14.3 Å². The van der Waals surface area contributed by atoms with Crippen LogP contribution in [0.3, 0.4) is 0 Å². The first-order valence-electron chi connectivity index (χ1n) is 5.63. The molecular weight excluding hydrogens is 249 g/mol. The molecule has 0 aliphatic rings. The third-order valence-corrected chi connectivity index (χ3v) is 2.91. The zero-order valence-corrected chi connectivity index (χ0v) is 10.5. The fourth-order valence-electron chi connectivity index (χ4n) is 1.80. The van der Waals surface area contributed by atoms with Crippen molar-refractivity contribution in [3.8, 4) is 5.69 Å². The van der Waals surface area contributed by atoms with Crippen molar-refractivity contribution in [2.24, 2.45) is 0 Å². The highest BCUT2D eigenvalue weighted by Gasteiger charge is 2.12. The third-order valence-electron chi connectivity index (χ3n) is 2.91. The van der Waals surface area contributed by atoms with E-state index in [9.17, 15) is 14.0 Å². The Balaban J connectivity index is 2.68. The zero-order chi connectivity index (χ0) is 14.2. The van der Waals surface area contributed by atoms with Gasteiger partial charge in [-0.2, -0.15) is 0 Å². The Morgan fingerprint density at radius 1 is 1.26 bits per heavy atom. The summed E-state index contributed by atoms with van der Waals surface area (Å²) in [6, 6.07) is 5.80. The van der Waals surface area contributed by atoms with Crippen LogP contribution in [0.5, 0.6) is 0 Å². The quantitative estimate of drug-likeness (QED) is 0.902. The molecule has 0 bridgehead atoms. The second kappa shape index (κ2) is 4.68. The highest BCUT2D eigenvalue weighted by Crippen LogP contribution is 2.15. The van der Waals surface area contributed by atoms with Crippen LogP contribution in [0.2, 0.25) is 0 Å². The van der Waals surface area contributed by atoms with E-state index in [4.69, 9.17) is 5.11 Å². The molecule has 1 aromatic heterocycles. The summed E-state index contributed by atoms with van der Waals surface area (Å²) < 4.78 is 15.0. The van der Waals surface area contributed by atoms with Gasteiger partial charge in [-0.25, -0.2) is 9.18 Å². The molecule has 0 saturated carbocycles. The van der Waals surface area contributed by atoms with Crippen LogP contribution in [-0.4, -0.2) is 15.6 Å². The second-order valence-corrected chi connectivity index (χ2v) is 4.30. The lowest BCUT2D eigenvalue weighted by atomic mass is 10.2. The molecule has 0 aliphatic carbocycles. The highest BCUT2D eigenvalue weighted by atomic mass is 19.1. The Hall–Kier alpha value is -2.43. The van der Waals surface area contributed by atoms with E-state index in [0.29, 0.717) is 16.9 Å². The van der Waals surface area contributed by atoms with Gasteiger partial charge >= 0.3 is 5.97 Å². The summed E-state index contributed by atoms with van der Waals surface area (Å²) in [5.74, 6) is -1.68. The van der Waals surface area contributed by atoms with E-state index in [0.717, 1.165) is 0 Å². The minimum atomic E-state index is -1.30. The molecule has 5 heteroatoms. The van der Waals surface area contributed by atoms with Crippen molar-refractivity contribution in [3.63, 3.8) is 0 Å². The molecule has 0 radical (unpaired) electrons. The lowest BCUT2D eigenvalue weighted by molar-refractivity contribution is 0.0695. The minimum Gasteiger partial charge on any atom is -0.477 e. The molecule has 4 nitrogen and oxygen atoms in total. The smallest absolute Gasteiger partial charge is 0.341 e. The van der Waals surface area contributed by atoms with E-state index in [1.807, 2.05) is 0 Å². The van der Waals surface area contributed by atoms with Gasteiger partial charge in [0, 0.05) is 23.6 Å². The molecule has 0 atom stereocenters. The lowest BCUT2D eigenvalue weighted by Crippen LogP contribution is -2.18. The van der Waals surface area contributed by atoms with Crippen LogP contribution in [0, 0.1) is 19.7 Å². The van der Waals surface area contributed by atoms with Crippen LogP contribution in [0.15, 0.2) is 35.3 Å². The standard InChI is InChI=1S/C14H12FNO3/c1-8-3-4-10(6-12(8)15)16-7-11(14(18)19)13(17)5-9(16)2/h3-7H,1-2H3,(H,18,19). The second-order valence-electron chi connectivity index (χ2n) is 4.30. The van der Waals surface area contributed by atoms with Crippen molar-refractivity contribution in [1.29, 1.82) is 0 Å². The van der Waals surface area contributed by atoms with E-state index in [2.05, 4.69) is 0 Å². The topological polar surface area (TPSA) is 59.3 Å². The maximum Gasteiger partial charge on any atom is 0.341 e. The summed E-state index contributed by atoms with van der Waals surface area (Å²) in [6.45, 7) is 3.30. The van der Waals surface area contributed by atoms with Gasteiger partial charge in [-0.05, 0) is 31.5 Å². The van der Waals surface area contributed by atoms with Gasteiger partial charge in [0.15, 0.2) is 5.43 Å². The number of aryl methyl sites for hydroxylation is 2. The number of carbonyl (C=O) groups is 1. The van der Waals surface area contributed by atoms with Crippen molar-refractivity contribution in [2.45, 2.75) is 13.8 Å². The van der Waals surface area contributed by atoms with E-state index < -0.39 is 11.4 Å². The average Bonchev–Trinajstić information content (AvgIpc) is 2.32. The predicted molar refractivity (Wildman–Crippen MR) is 68.4 cm³/mol. The fraction of sp³-hybridized carbons (Fsp3) is 0.143. The third kappa shape index (κ3) is 2.40. The van der Waals surface area contributed by atoms with Crippen LogP contribution >= 0.6 is 0 Å². The average molecular weight is 261 g/mol. The van der Waals surface area contributed by atoms with Crippen LogP contribution < -0.4 is 5.43 Å². The Kier molecular flexibility index (Phi) is 3.21. The Labute approximate surface area is 108 Å². The van der Waals surface area contributed by atoms with Crippen LogP contribution in [0.4, 0.5) is 4.39 Å². The fourth-order valence-corrected chi connectivity index (χ4v) is 1.80. The molecule has 2 rings (SSSR count). The molecule has 0 unspecified atom stereocenters. The molecule has 2 aromatic rings. The number of rotatable bonds is 2. The number of carboxylic acids is 1. The maximum atomic E-state index is 13.5. The summed E-state index contributed by atoms with van der Waals surface area (Å²) in [5.41, 5.74) is 0.614. The first-order valence-corrected chi connectivity index (χ1v) is 5.63. The van der Waals surface area contributed by atoms with Crippen molar-refractivity contribution in [3.05, 3.63) is 63.3 Å². The summed E-state index contributed by atoms with van der Waals surface area (Å²) in [5, 5.41) is 8.94. The van der Waals surface area contributed by atoms with E-state index in [1.165, 1.54) is 22.9 Å². The van der Waals surface area contributed by atoms with Gasteiger partial charge in [-0.15, -0.1) is 0 Å². The van der Waals surface area contributed by atoms with E-state index in [1.54, 1.807) is 26.0 Å². The van der Waals surface area contributed by atoms with Gasteiger partial charge in [-0.1, -0.05) is 6.07 Å². The molecule has 1 N–H and O–H groups in total. The van der Waals surface area contributed by atoms with Crippen molar-refractivity contribution in [2.75, 3.05) is 0 Å². The zero-order valence-electron chi connectivity index (χ0n) is 10.5. The van der Waals surface area contributed by atoms with E-state index in [-0.39, 0.29) is 11.4 Å². The number of aromatic carboxylic acids is 1. The van der Waals surface area contributed by atoms with Crippen LogP contribution in [0.1, 0.15) is 21.6 Å². The molecule has 0 amide bonds. The number of nitrogens with zero attached hydrogens (tertiary/aromatic N) is 1. The van der Waals surface area contributed by atoms with Gasteiger partial charge in [0.25, 0.3) is 0 Å². The van der Waals surface area contributed by atoms with Gasteiger partial charge in [-0.3, -0.25) is 4.79 Å². The minimum absolute atomic E-state index is 0.341. The summed E-state index contributed by atoms with van der Waals surface area (Å²) in [7, 11) is 0.